The molecule has 0 fully saturated rings. The highest BCUT2D eigenvalue weighted by atomic mass is 16.6. The first-order valence-electron chi connectivity index (χ1n) is 12.2. The van der Waals surface area contributed by atoms with Gasteiger partial charge in [-0.25, -0.2) is 4.79 Å². The minimum Gasteiger partial charge on any atom is -0.443 e. The monoisotopic (exact) mass is 499 g/mol. The number of nitrogens with one attached hydrogen (secondary N) is 1. The van der Waals surface area contributed by atoms with Crippen LogP contribution < -0.4 is 10.3 Å². The second-order valence-electron chi connectivity index (χ2n) is 8.80. The second kappa shape index (κ2) is 11.9. The van der Waals surface area contributed by atoms with E-state index < -0.39 is 18.5 Å². The van der Waals surface area contributed by atoms with E-state index in [-0.39, 0.29) is 18.3 Å². The number of rotatable bonds is 10. The van der Waals surface area contributed by atoms with Gasteiger partial charge in [0.15, 0.2) is 5.78 Å². The lowest BCUT2D eigenvalue weighted by atomic mass is 9.97. The first-order chi connectivity index (χ1) is 18.0. The molecule has 4 rings (SSSR count). The van der Waals surface area contributed by atoms with E-state index in [0.717, 1.165) is 17.0 Å². The molecule has 4 aromatic rings. The van der Waals surface area contributed by atoms with Crippen LogP contribution in [0.25, 0.3) is 11.0 Å². The number of ketones is 1. The molecule has 1 atom stereocenters. The zero-order valence-electron chi connectivity index (χ0n) is 20.8. The molecule has 9 heteroatoms. The van der Waals surface area contributed by atoms with Crippen LogP contribution in [0.1, 0.15) is 42.6 Å². The number of hydrogen-bond acceptors (Lipinski definition) is 6. The quantitative estimate of drug-likeness (QED) is 0.309. The number of Topliss-reactive ketones (excluding diaryl/α,β-unsaturated/α-hetero) is 1. The van der Waals surface area contributed by atoms with E-state index in [4.69, 9.17) is 4.74 Å². The molecule has 37 heavy (non-hydrogen) atoms. The molecule has 0 bridgehead atoms. The molecule has 0 saturated heterocycles. The minimum atomic E-state index is -0.768. The van der Waals surface area contributed by atoms with Crippen molar-refractivity contribution in [3.05, 3.63) is 90.0 Å². The molecule has 1 N–H and O–H groups in total. The third kappa shape index (κ3) is 6.38. The molecule has 0 spiro atoms. The largest absolute Gasteiger partial charge is 0.443 e. The van der Waals surface area contributed by atoms with Crippen molar-refractivity contribution in [2.45, 2.75) is 33.3 Å². The van der Waals surface area contributed by atoms with Crippen LogP contribution in [0.5, 0.6) is 0 Å². The maximum atomic E-state index is 13.2. The van der Waals surface area contributed by atoms with E-state index in [0.29, 0.717) is 28.7 Å². The average Bonchev–Trinajstić information content (AvgIpc) is 3.35. The molecular formula is C28H29N5O4. The van der Waals surface area contributed by atoms with Crippen molar-refractivity contribution in [2.24, 2.45) is 5.92 Å². The Morgan fingerprint density at radius 3 is 2.46 bits per heavy atom. The summed E-state index contributed by atoms with van der Waals surface area (Å²) in [6.07, 6.45) is 0.495. The summed E-state index contributed by atoms with van der Waals surface area (Å²) < 4.78 is 5.50. The number of carbonyl (C=O) groups is 3. The first-order valence-corrected chi connectivity index (χ1v) is 12.2. The summed E-state index contributed by atoms with van der Waals surface area (Å²) >= 11 is 0. The number of benzene rings is 3. The van der Waals surface area contributed by atoms with Crippen molar-refractivity contribution in [1.29, 1.82) is 0 Å². The standard InChI is InChI=1S/C28H29N5O4/c1-3-20(2)17-26(34)22-13-7-8-14-23(22)29-27(35)18-32(28(36)37-19-21-11-5-4-6-12-21)33-25-16-10-9-15-24(25)30-31-33/h4-16,20H,3,17-19H2,1-2H3,(H,29,35). The van der Waals surface area contributed by atoms with Crippen molar-refractivity contribution in [1.82, 2.24) is 15.1 Å². The fraction of sp³-hybridized carbons (Fsp3) is 0.250. The second-order valence-corrected chi connectivity index (χ2v) is 8.80. The highest BCUT2D eigenvalue weighted by molar-refractivity contribution is 6.06. The van der Waals surface area contributed by atoms with E-state index in [9.17, 15) is 14.4 Å². The summed E-state index contributed by atoms with van der Waals surface area (Å²) in [5.41, 5.74) is 2.72. The van der Waals surface area contributed by atoms with E-state index in [1.807, 2.05) is 44.2 Å². The van der Waals surface area contributed by atoms with Gasteiger partial charge < -0.3 is 10.1 Å². The Labute approximate surface area is 215 Å². The lowest BCUT2D eigenvalue weighted by molar-refractivity contribution is -0.115. The zero-order chi connectivity index (χ0) is 26.2. The fourth-order valence-corrected chi connectivity index (χ4v) is 3.77. The van der Waals surface area contributed by atoms with Gasteiger partial charge in [0, 0.05) is 12.0 Å². The Hall–Kier alpha value is -4.53. The van der Waals surface area contributed by atoms with Gasteiger partial charge in [0.1, 0.15) is 24.2 Å². The van der Waals surface area contributed by atoms with Crippen molar-refractivity contribution in [3.63, 3.8) is 0 Å². The molecular weight excluding hydrogens is 470 g/mol. The van der Waals surface area contributed by atoms with Crippen molar-refractivity contribution in [2.75, 3.05) is 16.9 Å². The predicted molar refractivity (Wildman–Crippen MR) is 141 cm³/mol. The lowest BCUT2D eigenvalue weighted by Crippen LogP contribution is -2.46. The minimum absolute atomic E-state index is 0.0252. The molecule has 9 nitrogen and oxygen atoms in total. The topological polar surface area (TPSA) is 106 Å². The molecule has 1 aromatic heterocycles. The first kappa shape index (κ1) is 25.6. The van der Waals surface area contributed by atoms with E-state index in [1.165, 1.54) is 4.79 Å². The lowest BCUT2D eigenvalue weighted by Gasteiger charge is -2.22. The number of aromatic nitrogens is 3. The van der Waals surface area contributed by atoms with E-state index >= 15 is 0 Å². The number of carbonyl (C=O) groups excluding carboxylic acids is 3. The Bertz CT molecular complexity index is 1390. The molecule has 1 heterocycles. The summed E-state index contributed by atoms with van der Waals surface area (Å²) in [4.78, 5) is 40.4. The van der Waals surface area contributed by atoms with E-state index in [1.54, 1.807) is 48.5 Å². The molecule has 0 aliphatic rings. The number of amides is 2. The van der Waals surface area contributed by atoms with Gasteiger partial charge in [-0.05, 0) is 41.0 Å². The molecule has 1 unspecified atom stereocenters. The predicted octanol–water partition coefficient (Wildman–Crippen LogP) is 4.96. The van der Waals surface area contributed by atoms with Gasteiger partial charge in [-0.2, -0.15) is 5.01 Å². The summed E-state index contributed by atoms with van der Waals surface area (Å²) in [6.45, 7) is 3.66. The van der Waals surface area contributed by atoms with E-state index in [2.05, 4.69) is 15.6 Å². The third-order valence-corrected chi connectivity index (χ3v) is 6.00. The number of para-hydroxylation sites is 2. The van der Waals surface area contributed by atoms with Crippen molar-refractivity contribution >= 4 is 34.5 Å². The normalized spacial score (nSPS) is 11.6. The maximum Gasteiger partial charge on any atom is 0.431 e. The zero-order valence-corrected chi connectivity index (χ0v) is 20.8. The SMILES string of the molecule is CCC(C)CC(=O)c1ccccc1NC(=O)CN(C(=O)OCc1ccccc1)n1nnc2ccccc21. The van der Waals surface area contributed by atoms with Gasteiger partial charge in [0.2, 0.25) is 5.91 Å². The van der Waals surface area contributed by atoms with Crippen LogP contribution in [-0.4, -0.2) is 39.4 Å². The maximum absolute atomic E-state index is 13.2. The number of anilines is 1. The Morgan fingerprint density at radius 2 is 1.68 bits per heavy atom. The summed E-state index contributed by atoms with van der Waals surface area (Å²) in [5, 5.41) is 12.0. The highest BCUT2D eigenvalue weighted by Crippen LogP contribution is 2.20. The number of ether oxygens (including phenoxy) is 1. The van der Waals surface area contributed by atoms with Crippen LogP contribution >= 0.6 is 0 Å². The van der Waals surface area contributed by atoms with Crippen LogP contribution in [0.4, 0.5) is 10.5 Å². The smallest absolute Gasteiger partial charge is 0.431 e. The molecule has 2 amide bonds. The van der Waals surface area contributed by atoms with Crippen LogP contribution in [0, 0.1) is 5.92 Å². The molecule has 0 aliphatic heterocycles. The molecule has 0 saturated carbocycles. The number of fused-ring (bicyclic) bond motifs is 1. The molecule has 0 radical (unpaired) electrons. The van der Waals surface area contributed by atoms with Gasteiger partial charge >= 0.3 is 6.09 Å². The molecule has 0 aliphatic carbocycles. The molecule has 190 valence electrons. The van der Waals surface area contributed by atoms with Gasteiger partial charge in [0.25, 0.3) is 0 Å². The summed E-state index contributed by atoms with van der Waals surface area (Å²) in [5.74, 6) is -0.335. The van der Waals surface area contributed by atoms with Crippen LogP contribution in [0.3, 0.4) is 0 Å². The average molecular weight is 500 g/mol. The number of nitrogens with zero attached hydrogens (tertiary/aromatic N) is 4. The molecule has 3 aromatic carbocycles. The summed E-state index contributed by atoms with van der Waals surface area (Å²) in [6, 6.07) is 23.2. The Kier molecular flexibility index (Phi) is 8.25. The van der Waals surface area contributed by atoms with Gasteiger partial charge in [0.05, 0.1) is 5.69 Å². The van der Waals surface area contributed by atoms with Crippen LogP contribution in [0.2, 0.25) is 0 Å². The highest BCUT2D eigenvalue weighted by Gasteiger charge is 2.25. The fourth-order valence-electron chi connectivity index (χ4n) is 3.77. The van der Waals surface area contributed by atoms with Gasteiger partial charge in [-0.15, -0.1) is 9.89 Å². The van der Waals surface area contributed by atoms with Crippen LogP contribution in [0.15, 0.2) is 78.9 Å². The number of hydrogen-bond donors (Lipinski definition) is 1. The summed E-state index contributed by atoms with van der Waals surface area (Å²) in [7, 11) is 0. The van der Waals surface area contributed by atoms with Gasteiger partial charge in [-0.1, -0.05) is 74.9 Å². The van der Waals surface area contributed by atoms with Crippen molar-refractivity contribution in [3.8, 4) is 0 Å². The van der Waals surface area contributed by atoms with Crippen LogP contribution in [-0.2, 0) is 16.1 Å². The van der Waals surface area contributed by atoms with Gasteiger partial charge in [-0.3, -0.25) is 9.59 Å². The Balaban J connectivity index is 1.55. The Morgan fingerprint density at radius 1 is 0.973 bits per heavy atom. The van der Waals surface area contributed by atoms with Crippen molar-refractivity contribution < 1.29 is 19.1 Å². The third-order valence-electron chi connectivity index (χ3n) is 6.00.